The summed E-state index contributed by atoms with van der Waals surface area (Å²) in [6.45, 7) is 7.47. The lowest BCUT2D eigenvalue weighted by Gasteiger charge is -2.52. The van der Waals surface area contributed by atoms with Gasteiger partial charge in [-0.3, -0.25) is 4.90 Å². The standard InChI is InChI=1S/C21H34N2O2S/c1-19(2,3)25-18(24)23-14-12-20(13-15-23)8-10-21(11-9-20,22(4)5)17-7-6-16-26-17/h6-7,16H,8-15H2,1-5H3. The van der Waals surface area contributed by atoms with Crippen molar-refractivity contribution in [3.8, 4) is 0 Å². The van der Waals surface area contributed by atoms with E-state index in [1.807, 2.05) is 37.0 Å². The van der Waals surface area contributed by atoms with Gasteiger partial charge in [0.15, 0.2) is 0 Å². The van der Waals surface area contributed by atoms with Crippen LogP contribution in [-0.4, -0.2) is 48.7 Å². The molecule has 1 aromatic heterocycles. The van der Waals surface area contributed by atoms with Crippen LogP contribution in [0.15, 0.2) is 17.5 Å². The summed E-state index contributed by atoms with van der Waals surface area (Å²) in [6, 6.07) is 4.47. The summed E-state index contributed by atoms with van der Waals surface area (Å²) >= 11 is 1.89. The molecule has 3 rings (SSSR count). The third-order valence-electron chi connectivity index (χ3n) is 6.45. The van der Waals surface area contributed by atoms with Gasteiger partial charge in [0, 0.05) is 18.0 Å². The average Bonchev–Trinajstić information content (AvgIpc) is 3.09. The van der Waals surface area contributed by atoms with Crippen LogP contribution in [0.3, 0.4) is 0 Å². The van der Waals surface area contributed by atoms with Gasteiger partial charge in [-0.2, -0.15) is 0 Å². The Morgan fingerprint density at radius 1 is 1.12 bits per heavy atom. The van der Waals surface area contributed by atoms with Gasteiger partial charge in [0.05, 0.1) is 5.54 Å². The molecule has 5 heteroatoms. The van der Waals surface area contributed by atoms with Gasteiger partial charge in [-0.05, 0) is 90.3 Å². The van der Waals surface area contributed by atoms with Crippen molar-refractivity contribution in [3.63, 3.8) is 0 Å². The zero-order chi connectivity index (χ0) is 19.0. The predicted octanol–water partition coefficient (Wildman–Crippen LogP) is 5.10. The summed E-state index contributed by atoms with van der Waals surface area (Å²) < 4.78 is 5.55. The first-order chi connectivity index (χ1) is 12.2. The molecular weight excluding hydrogens is 344 g/mol. The number of rotatable bonds is 2. The van der Waals surface area contributed by atoms with E-state index in [1.54, 1.807) is 0 Å². The van der Waals surface area contributed by atoms with Gasteiger partial charge in [-0.15, -0.1) is 11.3 Å². The first kappa shape index (κ1) is 19.7. The lowest BCUT2D eigenvalue weighted by Crippen LogP contribution is -2.50. The largest absolute Gasteiger partial charge is 0.444 e. The Balaban J connectivity index is 1.61. The number of hydrogen-bond donors (Lipinski definition) is 0. The molecule has 1 saturated heterocycles. The Labute approximate surface area is 162 Å². The van der Waals surface area contributed by atoms with E-state index < -0.39 is 5.60 Å². The zero-order valence-corrected chi connectivity index (χ0v) is 17.8. The van der Waals surface area contributed by atoms with Gasteiger partial charge in [0.25, 0.3) is 0 Å². The molecule has 2 aliphatic rings. The summed E-state index contributed by atoms with van der Waals surface area (Å²) in [7, 11) is 4.45. The second kappa shape index (κ2) is 7.16. The number of amides is 1. The maximum atomic E-state index is 12.3. The van der Waals surface area contributed by atoms with Crippen molar-refractivity contribution >= 4 is 17.4 Å². The number of nitrogens with zero attached hydrogens (tertiary/aromatic N) is 2. The third-order valence-corrected chi connectivity index (χ3v) is 7.51. The van der Waals surface area contributed by atoms with Gasteiger partial charge in [0.2, 0.25) is 0 Å². The average molecular weight is 379 g/mol. The number of likely N-dealkylation sites (tertiary alicyclic amines) is 1. The molecule has 0 aromatic carbocycles. The minimum atomic E-state index is -0.414. The Hall–Kier alpha value is -1.07. The van der Waals surface area contributed by atoms with Crippen molar-refractivity contribution in [2.75, 3.05) is 27.2 Å². The van der Waals surface area contributed by atoms with E-state index >= 15 is 0 Å². The SMILES string of the molecule is CN(C)C1(c2cccs2)CCC2(CCN(C(=O)OC(C)(C)C)CC2)CC1. The van der Waals surface area contributed by atoms with E-state index in [4.69, 9.17) is 4.74 Å². The van der Waals surface area contributed by atoms with E-state index in [9.17, 15) is 4.79 Å². The summed E-state index contributed by atoms with van der Waals surface area (Å²) in [6.07, 6.45) is 7.01. The molecule has 0 N–H and O–H groups in total. The van der Waals surface area contributed by atoms with Crippen LogP contribution >= 0.6 is 11.3 Å². The van der Waals surface area contributed by atoms with E-state index in [0.717, 1.165) is 25.9 Å². The smallest absolute Gasteiger partial charge is 0.410 e. The normalized spacial score (nSPS) is 22.6. The number of thiophene rings is 1. The first-order valence-corrected chi connectivity index (χ1v) is 10.7. The monoisotopic (exact) mass is 378 g/mol. The fourth-order valence-corrected chi connectivity index (χ4v) is 5.71. The molecule has 1 aromatic rings. The topological polar surface area (TPSA) is 32.8 Å². The van der Waals surface area contributed by atoms with Crippen LogP contribution in [0, 0.1) is 5.41 Å². The Bertz CT molecular complexity index is 600. The highest BCUT2D eigenvalue weighted by molar-refractivity contribution is 7.10. The molecule has 1 amide bonds. The summed E-state index contributed by atoms with van der Waals surface area (Å²) in [5.41, 5.74) is 0.195. The number of ether oxygens (including phenoxy) is 1. The molecule has 0 atom stereocenters. The minimum Gasteiger partial charge on any atom is -0.444 e. The molecule has 146 valence electrons. The lowest BCUT2D eigenvalue weighted by molar-refractivity contribution is -0.0160. The summed E-state index contributed by atoms with van der Waals surface area (Å²) in [5, 5.41) is 2.20. The molecule has 0 unspecified atom stereocenters. The van der Waals surface area contributed by atoms with Gasteiger partial charge in [0.1, 0.15) is 5.60 Å². The van der Waals surface area contributed by atoms with Crippen LogP contribution in [0.4, 0.5) is 4.79 Å². The molecule has 26 heavy (non-hydrogen) atoms. The van der Waals surface area contributed by atoms with Crippen molar-refractivity contribution in [2.24, 2.45) is 5.41 Å². The van der Waals surface area contributed by atoms with Crippen LogP contribution in [-0.2, 0) is 10.3 Å². The van der Waals surface area contributed by atoms with Crippen LogP contribution in [0.25, 0.3) is 0 Å². The van der Waals surface area contributed by atoms with Gasteiger partial charge in [-0.1, -0.05) is 6.07 Å². The van der Waals surface area contributed by atoms with Gasteiger partial charge < -0.3 is 9.64 Å². The number of carbonyl (C=O) groups is 1. The Morgan fingerprint density at radius 2 is 1.73 bits per heavy atom. The van der Waals surface area contributed by atoms with Gasteiger partial charge >= 0.3 is 6.09 Å². The fourth-order valence-electron chi connectivity index (χ4n) is 4.64. The van der Waals surface area contributed by atoms with Crippen molar-refractivity contribution in [1.82, 2.24) is 9.80 Å². The van der Waals surface area contributed by atoms with Crippen molar-refractivity contribution in [3.05, 3.63) is 22.4 Å². The summed E-state index contributed by atoms with van der Waals surface area (Å²) in [5.74, 6) is 0. The summed E-state index contributed by atoms with van der Waals surface area (Å²) in [4.78, 5) is 18.2. The molecular formula is C21H34N2O2S. The minimum absolute atomic E-state index is 0.149. The first-order valence-electron chi connectivity index (χ1n) is 9.85. The highest BCUT2D eigenvalue weighted by Gasteiger charge is 2.47. The van der Waals surface area contributed by atoms with Gasteiger partial charge in [-0.25, -0.2) is 4.79 Å². The van der Waals surface area contributed by atoms with E-state index in [-0.39, 0.29) is 11.6 Å². The molecule has 2 heterocycles. The third kappa shape index (κ3) is 3.94. The second-order valence-corrected chi connectivity index (χ2v) is 10.3. The highest BCUT2D eigenvalue weighted by atomic mass is 32.1. The lowest BCUT2D eigenvalue weighted by atomic mass is 9.62. The van der Waals surface area contributed by atoms with Crippen LogP contribution in [0.5, 0.6) is 0 Å². The van der Waals surface area contributed by atoms with E-state index in [2.05, 4.69) is 36.5 Å². The Morgan fingerprint density at radius 3 is 2.19 bits per heavy atom. The fraction of sp³-hybridized carbons (Fsp3) is 0.762. The van der Waals surface area contributed by atoms with Crippen LogP contribution in [0.2, 0.25) is 0 Å². The van der Waals surface area contributed by atoms with Crippen molar-refractivity contribution in [1.29, 1.82) is 0 Å². The molecule has 4 nitrogen and oxygen atoms in total. The molecule has 0 radical (unpaired) electrons. The van der Waals surface area contributed by atoms with Crippen molar-refractivity contribution in [2.45, 2.75) is 70.4 Å². The maximum absolute atomic E-state index is 12.3. The second-order valence-electron chi connectivity index (χ2n) is 9.37. The highest BCUT2D eigenvalue weighted by Crippen LogP contribution is 2.53. The molecule has 1 spiro atoms. The van der Waals surface area contributed by atoms with Crippen LogP contribution < -0.4 is 0 Å². The Kier molecular flexibility index (Phi) is 5.42. The number of hydrogen-bond acceptors (Lipinski definition) is 4. The molecule has 1 aliphatic heterocycles. The predicted molar refractivity (Wildman–Crippen MR) is 108 cm³/mol. The zero-order valence-electron chi connectivity index (χ0n) is 17.0. The molecule has 0 bridgehead atoms. The van der Waals surface area contributed by atoms with E-state index in [1.165, 1.54) is 30.6 Å². The van der Waals surface area contributed by atoms with Crippen molar-refractivity contribution < 1.29 is 9.53 Å². The molecule has 1 saturated carbocycles. The van der Waals surface area contributed by atoms with E-state index in [0.29, 0.717) is 5.41 Å². The number of carbonyl (C=O) groups excluding carboxylic acids is 1. The molecule has 1 aliphatic carbocycles. The maximum Gasteiger partial charge on any atom is 0.410 e. The number of piperidine rings is 1. The molecule has 2 fully saturated rings. The quantitative estimate of drug-likeness (QED) is 0.718. The van der Waals surface area contributed by atoms with Crippen LogP contribution in [0.1, 0.15) is 64.2 Å².